The molecule has 148 valence electrons. The molecule has 0 unspecified atom stereocenters. The zero-order chi connectivity index (χ0) is 19.9. The fraction of sp³-hybridized carbons (Fsp3) is 0.364. The molecule has 1 aliphatic rings. The molecule has 0 radical (unpaired) electrons. The minimum absolute atomic E-state index is 0.0217. The number of carbonyl (C=O) groups excluding carboxylic acids is 2. The summed E-state index contributed by atoms with van der Waals surface area (Å²) >= 11 is 0. The molecule has 0 aromatic heterocycles. The summed E-state index contributed by atoms with van der Waals surface area (Å²) in [6, 6.07) is 13.8. The predicted molar refractivity (Wildman–Crippen MR) is 111 cm³/mol. The third kappa shape index (κ3) is 5.49. The Kier molecular flexibility index (Phi) is 6.53. The summed E-state index contributed by atoms with van der Waals surface area (Å²) in [7, 11) is 4.00. The monoisotopic (exact) mass is 381 g/mol. The van der Waals surface area contributed by atoms with Crippen LogP contribution in [0, 0.1) is 0 Å². The van der Waals surface area contributed by atoms with Crippen molar-refractivity contribution in [1.82, 2.24) is 5.32 Å². The molecule has 6 nitrogen and oxygen atoms in total. The third-order valence-corrected chi connectivity index (χ3v) is 4.73. The van der Waals surface area contributed by atoms with Gasteiger partial charge in [-0.1, -0.05) is 12.1 Å². The highest BCUT2D eigenvalue weighted by Gasteiger charge is 2.15. The first-order valence-corrected chi connectivity index (χ1v) is 9.60. The Morgan fingerprint density at radius 2 is 1.93 bits per heavy atom. The molecule has 0 fully saturated rings. The van der Waals surface area contributed by atoms with Crippen molar-refractivity contribution in [1.29, 1.82) is 0 Å². The summed E-state index contributed by atoms with van der Waals surface area (Å²) in [5.41, 5.74) is 4.17. The summed E-state index contributed by atoms with van der Waals surface area (Å²) in [6.45, 7) is 1.01. The number of nitrogens with one attached hydrogen (secondary N) is 2. The van der Waals surface area contributed by atoms with Crippen LogP contribution in [0.5, 0.6) is 5.75 Å². The molecule has 3 rings (SSSR count). The van der Waals surface area contributed by atoms with Gasteiger partial charge >= 0.3 is 0 Å². The smallest absolute Gasteiger partial charge is 0.224 e. The molecule has 0 spiro atoms. The molecule has 2 aromatic carbocycles. The Morgan fingerprint density at radius 3 is 2.68 bits per heavy atom. The average Bonchev–Trinajstić information content (AvgIpc) is 2.70. The summed E-state index contributed by atoms with van der Waals surface area (Å²) < 4.78 is 5.75. The molecule has 0 aliphatic carbocycles. The minimum Gasteiger partial charge on any atom is -0.494 e. The van der Waals surface area contributed by atoms with E-state index in [1.807, 2.05) is 61.5 Å². The number of ether oxygens (including phenoxy) is 1. The topological polar surface area (TPSA) is 70.7 Å². The largest absolute Gasteiger partial charge is 0.494 e. The maximum absolute atomic E-state index is 12.0. The van der Waals surface area contributed by atoms with Crippen molar-refractivity contribution in [2.75, 3.05) is 30.9 Å². The van der Waals surface area contributed by atoms with Crippen LogP contribution in [0.25, 0.3) is 0 Å². The molecule has 6 heteroatoms. The molecule has 2 aromatic rings. The molecular weight excluding hydrogens is 354 g/mol. The van der Waals surface area contributed by atoms with Crippen LogP contribution < -0.4 is 20.3 Å². The molecular formula is C22H27N3O3. The maximum atomic E-state index is 12.0. The van der Waals surface area contributed by atoms with Crippen molar-refractivity contribution >= 4 is 23.2 Å². The van der Waals surface area contributed by atoms with Crippen molar-refractivity contribution in [2.24, 2.45) is 0 Å². The first-order valence-electron chi connectivity index (χ1n) is 9.60. The average molecular weight is 381 g/mol. The van der Waals surface area contributed by atoms with Crippen LogP contribution in [-0.4, -0.2) is 32.5 Å². The Balaban J connectivity index is 1.36. The molecule has 0 saturated heterocycles. The van der Waals surface area contributed by atoms with Gasteiger partial charge in [-0.3, -0.25) is 9.59 Å². The second kappa shape index (κ2) is 9.26. The van der Waals surface area contributed by atoms with Crippen molar-refractivity contribution in [2.45, 2.75) is 32.2 Å². The summed E-state index contributed by atoms with van der Waals surface area (Å²) in [6.07, 6.45) is 2.32. The number of aryl methyl sites for hydroxylation is 1. The van der Waals surface area contributed by atoms with Crippen molar-refractivity contribution < 1.29 is 14.3 Å². The van der Waals surface area contributed by atoms with Gasteiger partial charge in [0.1, 0.15) is 5.75 Å². The Labute approximate surface area is 165 Å². The molecule has 28 heavy (non-hydrogen) atoms. The molecule has 0 bridgehead atoms. The lowest BCUT2D eigenvalue weighted by Crippen LogP contribution is -2.23. The third-order valence-electron chi connectivity index (χ3n) is 4.73. The number of amides is 2. The lowest BCUT2D eigenvalue weighted by molar-refractivity contribution is -0.121. The summed E-state index contributed by atoms with van der Waals surface area (Å²) in [5, 5.41) is 5.80. The molecule has 2 N–H and O–H groups in total. The maximum Gasteiger partial charge on any atom is 0.224 e. The van der Waals surface area contributed by atoms with E-state index in [0.29, 0.717) is 32.4 Å². The van der Waals surface area contributed by atoms with E-state index in [9.17, 15) is 9.59 Å². The predicted octanol–water partition coefficient (Wildman–Crippen LogP) is 3.11. The highest BCUT2D eigenvalue weighted by atomic mass is 16.5. The van der Waals surface area contributed by atoms with Gasteiger partial charge < -0.3 is 20.3 Å². The van der Waals surface area contributed by atoms with Crippen LogP contribution in [0.3, 0.4) is 0 Å². The highest BCUT2D eigenvalue weighted by molar-refractivity contribution is 5.94. The number of hydrogen-bond donors (Lipinski definition) is 2. The van der Waals surface area contributed by atoms with Gasteiger partial charge in [-0.2, -0.15) is 0 Å². The van der Waals surface area contributed by atoms with Crippen LogP contribution in [0.2, 0.25) is 0 Å². The van der Waals surface area contributed by atoms with E-state index in [1.165, 1.54) is 0 Å². The molecule has 2 amide bonds. The summed E-state index contributed by atoms with van der Waals surface area (Å²) in [5.74, 6) is 0.852. The van der Waals surface area contributed by atoms with Crippen LogP contribution in [0.4, 0.5) is 11.4 Å². The standard InChI is InChI=1S/C22H27N3O3/c1-25(2)18-8-5-16(6-9-18)15-23-21(26)4-3-13-28-19-10-11-20-17(14-19)7-12-22(27)24-20/h5-6,8-11,14H,3-4,7,12-13,15H2,1-2H3,(H,23,26)(H,24,27). The van der Waals surface area contributed by atoms with Gasteiger partial charge in [0.15, 0.2) is 0 Å². The lowest BCUT2D eigenvalue weighted by Gasteiger charge is -2.17. The van der Waals surface area contributed by atoms with Crippen LogP contribution in [-0.2, 0) is 22.6 Å². The molecule has 1 aliphatic heterocycles. The van der Waals surface area contributed by atoms with E-state index in [-0.39, 0.29) is 11.8 Å². The van der Waals surface area contributed by atoms with Gasteiger partial charge in [-0.05, 0) is 54.3 Å². The van der Waals surface area contributed by atoms with Crippen molar-refractivity contribution in [3.05, 3.63) is 53.6 Å². The highest BCUT2D eigenvalue weighted by Crippen LogP contribution is 2.26. The minimum atomic E-state index is 0.0217. The second-order valence-electron chi connectivity index (χ2n) is 7.16. The van der Waals surface area contributed by atoms with E-state index >= 15 is 0 Å². The number of carbonyl (C=O) groups is 2. The number of rotatable bonds is 8. The quantitative estimate of drug-likeness (QED) is 0.690. The van der Waals surface area contributed by atoms with E-state index in [4.69, 9.17) is 4.74 Å². The van der Waals surface area contributed by atoms with E-state index in [0.717, 1.165) is 34.7 Å². The van der Waals surface area contributed by atoms with Crippen LogP contribution in [0.1, 0.15) is 30.4 Å². The number of anilines is 2. The Hall–Kier alpha value is -3.02. The van der Waals surface area contributed by atoms with Gasteiger partial charge in [0.05, 0.1) is 6.61 Å². The van der Waals surface area contributed by atoms with E-state index in [1.54, 1.807) is 0 Å². The van der Waals surface area contributed by atoms with E-state index in [2.05, 4.69) is 10.6 Å². The Bertz CT molecular complexity index is 831. The number of nitrogens with zero attached hydrogens (tertiary/aromatic N) is 1. The first kappa shape index (κ1) is 19.7. The van der Waals surface area contributed by atoms with Crippen molar-refractivity contribution in [3.8, 4) is 5.75 Å². The normalized spacial score (nSPS) is 12.7. The fourth-order valence-corrected chi connectivity index (χ4v) is 3.07. The molecule has 0 saturated carbocycles. The number of hydrogen-bond acceptors (Lipinski definition) is 4. The zero-order valence-corrected chi connectivity index (χ0v) is 16.5. The first-order chi connectivity index (χ1) is 13.5. The van der Waals surface area contributed by atoms with Gasteiger partial charge in [0, 0.05) is 44.9 Å². The lowest BCUT2D eigenvalue weighted by atomic mass is 10.0. The number of benzene rings is 2. The van der Waals surface area contributed by atoms with Gasteiger partial charge in [0.25, 0.3) is 0 Å². The molecule has 0 atom stereocenters. The SMILES string of the molecule is CN(C)c1ccc(CNC(=O)CCCOc2ccc3c(c2)CCC(=O)N3)cc1. The van der Waals surface area contributed by atoms with Crippen molar-refractivity contribution in [3.63, 3.8) is 0 Å². The van der Waals surface area contributed by atoms with E-state index < -0.39 is 0 Å². The Morgan fingerprint density at radius 1 is 1.14 bits per heavy atom. The van der Waals surface area contributed by atoms with Crippen LogP contribution >= 0.6 is 0 Å². The van der Waals surface area contributed by atoms with Gasteiger partial charge in [-0.25, -0.2) is 0 Å². The zero-order valence-electron chi connectivity index (χ0n) is 16.5. The van der Waals surface area contributed by atoms with Gasteiger partial charge in [0.2, 0.25) is 11.8 Å². The number of fused-ring (bicyclic) bond motifs is 1. The van der Waals surface area contributed by atoms with Crippen LogP contribution in [0.15, 0.2) is 42.5 Å². The summed E-state index contributed by atoms with van der Waals surface area (Å²) in [4.78, 5) is 25.4. The second-order valence-corrected chi connectivity index (χ2v) is 7.16. The molecule has 1 heterocycles. The van der Waals surface area contributed by atoms with Gasteiger partial charge in [-0.15, -0.1) is 0 Å². The fourth-order valence-electron chi connectivity index (χ4n) is 3.07.